The van der Waals surface area contributed by atoms with Gasteiger partial charge in [0, 0.05) is 5.02 Å². The molecule has 0 unspecified atom stereocenters. The molecular weight excluding hydrogens is 541 g/mol. The molecule has 0 aliphatic carbocycles. The fourth-order valence-electron chi connectivity index (χ4n) is 3.59. The lowest BCUT2D eigenvalue weighted by Crippen LogP contribution is -2.54. The molecule has 8 nitrogen and oxygen atoms in total. The molecule has 1 fully saturated rings. The Morgan fingerprint density at radius 2 is 1.72 bits per heavy atom. The summed E-state index contributed by atoms with van der Waals surface area (Å²) < 4.78 is 50.5. The van der Waals surface area contributed by atoms with Crippen molar-refractivity contribution in [2.24, 2.45) is 0 Å². The molecule has 0 spiro atoms. The molecule has 0 aromatic heterocycles. The van der Waals surface area contributed by atoms with E-state index in [0.717, 1.165) is 24.3 Å². The summed E-state index contributed by atoms with van der Waals surface area (Å²) in [6, 6.07) is 12.6. The smallest absolute Gasteiger partial charge is 0.416 e. The van der Waals surface area contributed by atoms with E-state index in [9.17, 15) is 32.3 Å². The van der Waals surface area contributed by atoms with Gasteiger partial charge < -0.3 is 9.47 Å². The summed E-state index contributed by atoms with van der Waals surface area (Å²) in [5, 5.41) is 2.39. The fourth-order valence-corrected chi connectivity index (χ4v) is 3.72. The standard InChI is InChI=1S/C27H18ClF3N2O6/c1-2-38-22-13-15(6-11-21(22)39-25(36)16-7-9-18(28)10-8-16)12-20-23(34)32-26(37)33(24(20)35)19-5-3-4-17(14-19)27(29,30)31/h3-14H,2H2,1H3,(H,32,34,37)/b20-12+. The first-order valence-electron chi connectivity index (χ1n) is 11.3. The monoisotopic (exact) mass is 558 g/mol. The minimum atomic E-state index is -4.71. The molecule has 0 saturated carbocycles. The maximum absolute atomic E-state index is 13.2. The Labute approximate surface area is 224 Å². The van der Waals surface area contributed by atoms with Crippen molar-refractivity contribution < 1.29 is 41.8 Å². The quantitative estimate of drug-likeness (QED) is 0.182. The molecule has 200 valence electrons. The molecule has 0 atom stereocenters. The number of urea groups is 1. The number of anilines is 1. The highest BCUT2D eigenvalue weighted by molar-refractivity contribution is 6.39. The highest BCUT2D eigenvalue weighted by Gasteiger charge is 2.38. The average Bonchev–Trinajstić information content (AvgIpc) is 2.88. The van der Waals surface area contributed by atoms with Gasteiger partial charge >= 0.3 is 18.2 Å². The number of amides is 4. The SMILES string of the molecule is CCOc1cc(/C=C2\C(=O)NC(=O)N(c3cccc(C(F)(F)F)c3)C2=O)ccc1OC(=O)c1ccc(Cl)cc1. The fraction of sp³-hybridized carbons (Fsp3) is 0.111. The minimum absolute atomic E-state index is 0.0548. The van der Waals surface area contributed by atoms with Gasteiger partial charge in [0.25, 0.3) is 11.8 Å². The summed E-state index contributed by atoms with van der Waals surface area (Å²) >= 11 is 5.84. The van der Waals surface area contributed by atoms with Crippen LogP contribution in [0.5, 0.6) is 11.5 Å². The van der Waals surface area contributed by atoms with E-state index in [-0.39, 0.29) is 34.9 Å². The largest absolute Gasteiger partial charge is 0.490 e. The topological polar surface area (TPSA) is 102 Å². The number of carbonyl (C=O) groups excluding carboxylic acids is 4. The van der Waals surface area contributed by atoms with E-state index in [0.29, 0.717) is 16.0 Å². The van der Waals surface area contributed by atoms with Gasteiger partial charge in [-0.15, -0.1) is 0 Å². The molecule has 3 aromatic rings. The summed E-state index contributed by atoms with van der Waals surface area (Å²) in [5.74, 6) is -2.68. The number of hydrogen-bond donors (Lipinski definition) is 1. The number of alkyl halides is 3. The first-order valence-corrected chi connectivity index (χ1v) is 11.7. The van der Waals surface area contributed by atoms with Gasteiger partial charge in [-0.1, -0.05) is 23.7 Å². The van der Waals surface area contributed by atoms with Crippen LogP contribution in [0.3, 0.4) is 0 Å². The number of carbonyl (C=O) groups is 4. The number of benzene rings is 3. The van der Waals surface area contributed by atoms with Crippen LogP contribution in [0.4, 0.5) is 23.7 Å². The van der Waals surface area contributed by atoms with Crippen molar-refractivity contribution in [3.05, 3.63) is 94.0 Å². The van der Waals surface area contributed by atoms with Crippen molar-refractivity contribution in [3.63, 3.8) is 0 Å². The van der Waals surface area contributed by atoms with Crippen molar-refractivity contribution in [2.45, 2.75) is 13.1 Å². The van der Waals surface area contributed by atoms with E-state index in [4.69, 9.17) is 21.1 Å². The second-order valence-corrected chi connectivity index (χ2v) is 8.48. The van der Waals surface area contributed by atoms with E-state index in [1.165, 1.54) is 42.5 Å². The number of halogens is 4. The number of imide groups is 2. The summed E-state index contributed by atoms with van der Waals surface area (Å²) in [6.07, 6.45) is -3.58. The first-order chi connectivity index (χ1) is 18.5. The van der Waals surface area contributed by atoms with Crippen LogP contribution < -0.4 is 19.7 Å². The zero-order chi connectivity index (χ0) is 28.3. The summed E-state index contributed by atoms with van der Waals surface area (Å²) in [7, 11) is 0. The van der Waals surface area contributed by atoms with Crippen LogP contribution >= 0.6 is 11.6 Å². The third kappa shape index (κ3) is 6.10. The molecule has 1 aliphatic heterocycles. The zero-order valence-corrected chi connectivity index (χ0v) is 20.8. The number of barbiturate groups is 1. The number of nitrogens with zero attached hydrogens (tertiary/aromatic N) is 1. The first kappa shape index (κ1) is 27.4. The van der Waals surface area contributed by atoms with Gasteiger partial charge in [0.1, 0.15) is 5.57 Å². The van der Waals surface area contributed by atoms with E-state index in [1.807, 2.05) is 5.32 Å². The summed E-state index contributed by atoms with van der Waals surface area (Å²) in [6.45, 7) is 1.87. The van der Waals surface area contributed by atoms with Gasteiger partial charge in [-0.05, 0) is 73.2 Å². The van der Waals surface area contributed by atoms with Gasteiger partial charge in [-0.2, -0.15) is 13.2 Å². The Morgan fingerprint density at radius 3 is 2.38 bits per heavy atom. The summed E-state index contributed by atoms with van der Waals surface area (Å²) in [4.78, 5) is 50.9. The second-order valence-electron chi connectivity index (χ2n) is 8.04. The summed E-state index contributed by atoms with van der Waals surface area (Å²) in [5.41, 5.74) is -1.47. The van der Waals surface area contributed by atoms with Crippen molar-refractivity contribution >= 4 is 47.2 Å². The molecule has 3 aromatic carbocycles. The molecule has 0 bridgehead atoms. The predicted octanol–water partition coefficient (Wildman–Crippen LogP) is 5.64. The van der Waals surface area contributed by atoms with Gasteiger partial charge in [-0.25, -0.2) is 14.5 Å². The number of rotatable bonds is 6. The normalized spacial score (nSPS) is 14.8. The molecule has 12 heteroatoms. The molecule has 1 aliphatic rings. The number of nitrogens with one attached hydrogen (secondary N) is 1. The van der Waals surface area contributed by atoms with Crippen molar-refractivity contribution in [1.29, 1.82) is 0 Å². The van der Waals surface area contributed by atoms with Crippen LogP contribution in [0, 0.1) is 0 Å². The van der Waals surface area contributed by atoms with Crippen molar-refractivity contribution in [1.82, 2.24) is 5.32 Å². The van der Waals surface area contributed by atoms with Gasteiger partial charge in [0.15, 0.2) is 11.5 Å². The van der Waals surface area contributed by atoms with Crippen LogP contribution in [0.1, 0.15) is 28.4 Å². The third-order valence-corrected chi connectivity index (χ3v) is 5.65. The zero-order valence-electron chi connectivity index (χ0n) is 20.0. The lowest BCUT2D eigenvalue weighted by Gasteiger charge is -2.27. The van der Waals surface area contributed by atoms with E-state index < -0.39 is 41.1 Å². The van der Waals surface area contributed by atoms with Crippen LogP contribution in [0.2, 0.25) is 5.02 Å². The Kier molecular flexibility index (Phi) is 7.73. The van der Waals surface area contributed by atoms with Gasteiger partial charge in [0.2, 0.25) is 0 Å². The lowest BCUT2D eigenvalue weighted by molar-refractivity contribution is -0.137. The average molecular weight is 559 g/mol. The van der Waals surface area contributed by atoms with Crippen molar-refractivity contribution in [2.75, 3.05) is 11.5 Å². The maximum atomic E-state index is 13.2. The Hall–Kier alpha value is -4.64. The molecule has 4 rings (SSSR count). The molecule has 1 saturated heterocycles. The second kappa shape index (κ2) is 11.0. The molecule has 4 amide bonds. The van der Waals surface area contributed by atoms with Crippen LogP contribution in [0.15, 0.2) is 72.3 Å². The van der Waals surface area contributed by atoms with E-state index in [1.54, 1.807) is 6.92 Å². The van der Waals surface area contributed by atoms with E-state index in [2.05, 4.69) is 0 Å². The Balaban J connectivity index is 1.65. The molecule has 39 heavy (non-hydrogen) atoms. The van der Waals surface area contributed by atoms with Gasteiger partial charge in [-0.3, -0.25) is 14.9 Å². The minimum Gasteiger partial charge on any atom is -0.490 e. The van der Waals surface area contributed by atoms with Gasteiger partial charge in [0.05, 0.1) is 23.4 Å². The molecule has 0 radical (unpaired) electrons. The lowest BCUT2D eigenvalue weighted by atomic mass is 10.1. The highest BCUT2D eigenvalue weighted by Crippen LogP contribution is 2.34. The molecule has 1 N–H and O–H groups in total. The number of hydrogen-bond acceptors (Lipinski definition) is 6. The van der Waals surface area contributed by atoms with Crippen molar-refractivity contribution in [3.8, 4) is 11.5 Å². The predicted molar refractivity (Wildman–Crippen MR) is 134 cm³/mol. The number of ether oxygens (including phenoxy) is 2. The third-order valence-electron chi connectivity index (χ3n) is 5.39. The van der Waals surface area contributed by atoms with Crippen LogP contribution in [-0.2, 0) is 15.8 Å². The highest BCUT2D eigenvalue weighted by atomic mass is 35.5. The molecular formula is C27H18ClF3N2O6. The Bertz CT molecular complexity index is 1500. The van der Waals surface area contributed by atoms with E-state index >= 15 is 0 Å². The van der Waals surface area contributed by atoms with Crippen LogP contribution in [0.25, 0.3) is 6.08 Å². The van der Waals surface area contributed by atoms with Crippen LogP contribution in [-0.4, -0.2) is 30.4 Å². The molecule has 1 heterocycles. The Morgan fingerprint density at radius 1 is 1.00 bits per heavy atom. The number of esters is 1. The maximum Gasteiger partial charge on any atom is 0.416 e.